The van der Waals surface area contributed by atoms with E-state index in [9.17, 15) is 4.79 Å². The Bertz CT molecular complexity index is 732. The second-order valence-corrected chi connectivity index (χ2v) is 5.40. The van der Waals surface area contributed by atoms with Gasteiger partial charge in [-0.15, -0.1) is 0 Å². The molecule has 0 saturated carbocycles. The molecule has 0 aliphatic carbocycles. The van der Waals surface area contributed by atoms with Gasteiger partial charge in [-0.2, -0.15) is 0 Å². The summed E-state index contributed by atoms with van der Waals surface area (Å²) in [5.41, 5.74) is 1.16. The Morgan fingerprint density at radius 2 is 1.81 bits per heavy atom. The fraction of sp³-hybridized carbons (Fsp3) is 0.0625. The summed E-state index contributed by atoms with van der Waals surface area (Å²) >= 11 is 17.6. The second kappa shape index (κ2) is 7.38. The van der Waals surface area contributed by atoms with Crippen LogP contribution >= 0.6 is 34.8 Å². The summed E-state index contributed by atoms with van der Waals surface area (Å²) in [6, 6.07) is 11.9. The topological polar surface area (TPSA) is 29.1 Å². The Labute approximate surface area is 138 Å². The number of hydrogen-bond acceptors (Lipinski definition) is 1. The van der Waals surface area contributed by atoms with Crippen LogP contribution < -0.4 is 5.32 Å². The van der Waals surface area contributed by atoms with E-state index < -0.39 is 0 Å². The van der Waals surface area contributed by atoms with Crippen LogP contribution in [-0.4, -0.2) is 12.5 Å². The number of benzene rings is 2. The first kappa shape index (κ1) is 15.7. The highest BCUT2D eigenvalue weighted by molar-refractivity contribution is 6.36. The quantitative estimate of drug-likeness (QED) is 0.807. The monoisotopic (exact) mass is 337 g/mol. The summed E-state index contributed by atoms with van der Waals surface area (Å²) in [7, 11) is 0. The highest BCUT2D eigenvalue weighted by Gasteiger charge is 2.09. The van der Waals surface area contributed by atoms with Gasteiger partial charge in [0.2, 0.25) is 0 Å². The molecule has 0 fully saturated rings. The standard InChI is InChI=1S/C16H10Cl3NO/c17-12-5-1-3-11(9-12)4-2-8-20-16(21)14-7-6-13(18)10-15(14)19/h1,3,5-7,9-10H,8H2,(H,20,21). The average Bonchev–Trinajstić information content (AvgIpc) is 2.43. The van der Waals surface area contributed by atoms with Crippen LogP contribution in [0, 0.1) is 11.8 Å². The van der Waals surface area contributed by atoms with Crippen molar-refractivity contribution >= 4 is 40.7 Å². The summed E-state index contributed by atoms with van der Waals surface area (Å²) < 4.78 is 0. The summed E-state index contributed by atoms with van der Waals surface area (Å²) in [6.07, 6.45) is 0. The van der Waals surface area contributed by atoms with E-state index in [1.807, 2.05) is 12.1 Å². The van der Waals surface area contributed by atoms with Crippen molar-refractivity contribution in [2.45, 2.75) is 0 Å². The maximum absolute atomic E-state index is 11.9. The second-order valence-electron chi connectivity index (χ2n) is 4.12. The lowest BCUT2D eigenvalue weighted by Crippen LogP contribution is -2.23. The number of nitrogens with one attached hydrogen (secondary N) is 1. The first-order valence-electron chi connectivity index (χ1n) is 6.04. The van der Waals surface area contributed by atoms with Crippen molar-refractivity contribution < 1.29 is 4.79 Å². The van der Waals surface area contributed by atoms with Crippen LogP contribution in [0.1, 0.15) is 15.9 Å². The molecule has 1 N–H and O–H groups in total. The van der Waals surface area contributed by atoms with E-state index in [1.54, 1.807) is 24.3 Å². The molecule has 5 heteroatoms. The van der Waals surface area contributed by atoms with E-state index in [0.717, 1.165) is 5.56 Å². The molecule has 0 saturated heterocycles. The van der Waals surface area contributed by atoms with E-state index >= 15 is 0 Å². The molecular formula is C16H10Cl3NO. The van der Waals surface area contributed by atoms with Crippen molar-refractivity contribution in [3.8, 4) is 11.8 Å². The number of amides is 1. The normalized spacial score (nSPS) is 9.67. The van der Waals surface area contributed by atoms with E-state index in [0.29, 0.717) is 20.6 Å². The van der Waals surface area contributed by atoms with E-state index in [-0.39, 0.29) is 12.5 Å². The average molecular weight is 339 g/mol. The van der Waals surface area contributed by atoms with Gasteiger partial charge in [-0.3, -0.25) is 4.79 Å². The minimum atomic E-state index is -0.294. The van der Waals surface area contributed by atoms with E-state index in [4.69, 9.17) is 34.8 Å². The highest BCUT2D eigenvalue weighted by atomic mass is 35.5. The Morgan fingerprint density at radius 1 is 1.05 bits per heavy atom. The van der Waals surface area contributed by atoms with Crippen molar-refractivity contribution in [3.05, 3.63) is 68.7 Å². The lowest BCUT2D eigenvalue weighted by molar-refractivity contribution is 0.0959. The third kappa shape index (κ3) is 4.68. The van der Waals surface area contributed by atoms with Crippen molar-refractivity contribution in [2.24, 2.45) is 0 Å². The molecule has 0 aromatic heterocycles. The Kier molecular flexibility index (Phi) is 5.52. The maximum Gasteiger partial charge on any atom is 0.253 e. The summed E-state index contributed by atoms with van der Waals surface area (Å²) in [5, 5.41) is 4.09. The third-order valence-electron chi connectivity index (χ3n) is 2.57. The van der Waals surface area contributed by atoms with E-state index in [2.05, 4.69) is 17.2 Å². The van der Waals surface area contributed by atoms with Crippen LogP contribution in [0.2, 0.25) is 15.1 Å². The van der Waals surface area contributed by atoms with Crippen LogP contribution in [0.15, 0.2) is 42.5 Å². The molecule has 2 aromatic rings. The van der Waals surface area contributed by atoms with Gasteiger partial charge in [0, 0.05) is 15.6 Å². The fourth-order valence-electron chi connectivity index (χ4n) is 1.61. The van der Waals surface area contributed by atoms with Gasteiger partial charge < -0.3 is 5.32 Å². The zero-order valence-electron chi connectivity index (χ0n) is 10.8. The van der Waals surface area contributed by atoms with Gasteiger partial charge >= 0.3 is 0 Å². The molecule has 0 spiro atoms. The number of halogens is 3. The molecule has 0 unspecified atom stereocenters. The molecule has 0 radical (unpaired) electrons. The summed E-state index contributed by atoms with van der Waals surface area (Å²) in [6.45, 7) is 0.213. The molecule has 0 bridgehead atoms. The van der Waals surface area contributed by atoms with Crippen LogP contribution in [0.4, 0.5) is 0 Å². The van der Waals surface area contributed by atoms with Crippen molar-refractivity contribution in [1.82, 2.24) is 5.32 Å². The molecule has 106 valence electrons. The minimum Gasteiger partial charge on any atom is -0.341 e. The van der Waals surface area contributed by atoms with Crippen molar-refractivity contribution in [1.29, 1.82) is 0 Å². The van der Waals surface area contributed by atoms with Gasteiger partial charge in [0.25, 0.3) is 5.91 Å². The predicted molar refractivity (Wildman–Crippen MR) is 87.1 cm³/mol. The molecule has 0 atom stereocenters. The lowest BCUT2D eigenvalue weighted by atomic mass is 10.2. The first-order valence-corrected chi connectivity index (χ1v) is 7.17. The minimum absolute atomic E-state index is 0.213. The third-order valence-corrected chi connectivity index (χ3v) is 3.35. The molecule has 2 nitrogen and oxygen atoms in total. The van der Waals surface area contributed by atoms with E-state index in [1.165, 1.54) is 6.07 Å². The fourth-order valence-corrected chi connectivity index (χ4v) is 2.29. The Balaban J connectivity index is 1.96. The van der Waals surface area contributed by atoms with Crippen molar-refractivity contribution in [2.75, 3.05) is 6.54 Å². The Morgan fingerprint density at radius 3 is 2.52 bits per heavy atom. The number of carbonyl (C=O) groups is 1. The van der Waals surface area contributed by atoms with Gasteiger partial charge in [0.15, 0.2) is 0 Å². The van der Waals surface area contributed by atoms with Crippen LogP contribution in [0.3, 0.4) is 0 Å². The number of rotatable bonds is 2. The van der Waals surface area contributed by atoms with Gasteiger partial charge in [-0.25, -0.2) is 0 Å². The largest absolute Gasteiger partial charge is 0.341 e. The molecule has 0 aliphatic rings. The summed E-state index contributed by atoms with van der Waals surface area (Å²) in [5.74, 6) is 5.47. The first-order chi connectivity index (χ1) is 10.1. The number of hydrogen-bond donors (Lipinski definition) is 1. The lowest BCUT2D eigenvalue weighted by Gasteiger charge is -2.04. The van der Waals surface area contributed by atoms with Crippen LogP contribution in [0.5, 0.6) is 0 Å². The number of carbonyl (C=O) groups excluding carboxylic acids is 1. The van der Waals surface area contributed by atoms with Gasteiger partial charge in [0.1, 0.15) is 0 Å². The zero-order valence-corrected chi connectivity index (χ0v) is 13.1. The summed E-state index contributed by atoms with van der Waals surface area (Å²) in [4.78, 5) is 11.9. The molecular weight excluding hydrogens is 329 g/mol. The van der Waals surface area contributed by atoms with Gasteiger partial charge in [-0.05, 0) is 36.4 Å². The molecule has 21 heavy (non-hydrogen) atoms. The van der Waals surface area contributed by atoms with Crippen LogP contribution in [-0.2, 0) is 0 Å². The molecule has 2 rings (SSSR count). The SMILES string of the molecule is O=C(NCC#Cc1cccc(Cl)c1)c1ccc(Cl)cc1Cl. The highest BCUT2D eigenvalue weighted by Crippen LogP contribution is 2.20. The predicted octanol–water partition coefficient (Wildman–Crippen LogP) is 4.43. The van der Waals surface area contributed by atoms with Crippen molar-refractivity contribution in [3.63, 3.8) is 0 Å². The van der Waals surface area contributed by atoms with Crippen LogP contribution in [0.25, 0.3) is 0 Å². The zero-order chi connectivity index (χ0) is 15.2. The smallest absolute Gasteiger partial charge is 0.253 e. The molecule has 0 heterocycles. The molecule has 0 aliphatic heterocycles. The van der Waals surface area contributed by atoms with Gasteiger partial charge in [-0.1, -0.05) is 52.7 Å². The maximum atomic E-state index is 11.9. The van der Waals surface area contributed by atoms with Gasteiger partial charge in [0.05, 0.1) is 17.1 Å². The molecule has 2 aromatic carbocycles. The molecule has 1 amide bonds. The Hall–Kier alpha value is -1.66.